The number of rotatable bonds is 4. The molecule has 0 aromatic heterocycles. The van der Waals surface area contributed by atoms with Crippen molar-refractivity contribution >= 4 is 11.7 Å². The summed E-state index contributed by atoms with van der Waals surface area (Å²) in [5, 5.41) is 0. The van der Waals surface area contributed by atoms with Gasteiger partial charge in [0.25, 0.3) is 0 Å². The molecule has 0 bridgehead atoms. The number of amides is 1. The van der Waals surface area contributed by atoms with Gasteiger partial charge in [0, 0.05) is 13.6 Å². The first-order valence-electron chi connectivity index (χ1n) is 6.53. The molecule has 1 aromatic carbocycles. The number of Topliss-reactive ketones (excluding diaryl/α,β-unsaturated/α-hetero) is 1. The summed E-state index contributed by atoms with van der Waals surface area (Å²) in [6.07, 6.45) is -0.0145. The second-order valence-electron chi connectivity index (χ2n) is 5.37. The molecule has 0 unspecified atom stereocenters. The number of ketones is 1. The maximum atomic E-state index is 11.9. The maximum Gasteiger partial charge on any atom is 0.230 e. The number of benzene rings is 1. The highest BCUT2D eigenvalue weighted by atomic mass is 16.2. The molecular formula is C16H23NO2. The van der Waals surface area contributed by atoms with Gasteiger partial charge in [-0.25, -0.2) is 0 Å². The van der Waals surface area contributed by atoms with E-state index in [9.17, 15) is 9.59 Å². The summed E-state index contributed by atoms with van der Waals surface area (Å²) in [5.74, 6) is -0.212. The normalized spacial score (nSPS) is 10.4. The third kappa shape index (κ3) is 3.66. The maximum absolute atomic E-state index is 11.9. The smallest absolute Gasteiger partial charge is 0.230 e. The molecule has 0 radical (unpaired) electrons. The molecule has 0 aliphatic carbocycles. The van der Waals surface area contributed by atoms with Gasteiger partial charge in [-0.05, 0) is 62.4 Å². The largest absolute Gasteiger partial charge is 0.341 e. The van der Waals surface area contributed by atoms with Crippen LogP contribution in [0.1, 0.15) is 41.2 Å². The number of hydrogen-bond acceptors (Lipinski definition) is 2. The molecule has 1 aromatic rings. The van der Waals surface area contributed by atoms with E-state index in [-0.39, 0.29) is 18.1 Å². The second kappa shape index (κ2) is 6.00. The van der Waals surface area contributed by atoms with Gasteiger partial charge in [-0.1, -0.05) is 6.07 Å². The van der Waals surface area contributed by atoms with E-state index < -0.39 is 0 Å². The molecule has 19 heavy (non-hydrogen) atoms. The van der Waals surface area contributed by atoms with E-state index in [1.807, 2.05) is 0 Å². The molecule has 0 heterocycles. The lowest BCUT2D eigenvalue weighted by Crippen LogP contribution is -2.28. The van der Waals surface area contributed by atoms with Crippen molar-refractivity contribution in [2.75, 3.05) is 7.05 Å². The Morgan fingerprint density at radius 2 is 1.53 bits per heavy atom. The van der Waals surface area contributed by atoms with E-state index in [4.69, 9.17) is 0 Å². The van der Waals surface area contributed by atoms with Crippen LogP contribution < -0.4 is 0 Å². The van der Waals surface area contributed by atoms with E-state index in [2.05, 4.69) is 33.8 Å². The lowest BCUT2D eigenvalue weighted by Gasteiger charge is -2.22. The lowest BCUT2D eigenvalue weighted by molar-refractivity contribution is -0.134. The highest BCUT2D eigenvalue weighted by Gasteiger charge is 2.15. The summed E-state index contributed by atoms with van der Waals surface area (Å²) in [6.45, 7) is 10.3. The monoisotopic (exact) mass is 261 g/mol. The molecule has 0 atom stereocenters. The SMILES string of the molecule is CC(=O)CC(=O)N(C)Cc1c(C)c(C)cc(C)c1C. The standard InChI is InChI=1S/C16H23NO2/c1-10-7-11(2)14(5)15(13(10)4)9-17(6)16(19)8-12(3)18/h7H,8-9H2,1-6H3. The van der Waals surface area contributed by atoms with Crippen LogP contribution in [-0.4, -0.2) is 23.6 Å². The van der Waals surface area contributed by atoms with Crippen molar-refractivity contribution in [3.05, 3.63) is 33.9 Å². The number of aryl methyl sites for hydroxylation is 2. The van der Waals surface area contributed by atoms with Gasteiger partial charge in [-0.3, -0.25) is 9.59 Å². The van der Waals surface area contributed by atoms with Crippen LogP contribution in [0.15, 0.2) is 6.07 Å². The predicted molar refractivity (Wildman–Crippen MR) is 77.2 cm³/mol. The zero-order chi connectivity index (χ0) is 14.7. The fourth-order valence-corrected chi connectivity index (χ4v) is 2.21. The van der Waals surface area contributed by atoms with Crippen molar-refractivity contribution < 1.29 is 9.59 Å². The van der Waals surface area contributed by atoms with E-state index >= 15 is 0 Å². The third-order valence-corrected chi connectivity index (χ3v) is 3.74. The van der Waals surface area contributed by atoms with Gasteiger partial charge in [0.2, 0.25) is 5.91 Å². The lowest BCUT2D eigenvalue weighted by atomic mass is 9.94. The van der Waals surface area contributed by atoms with Gasteiger partial charge in [-0.2, -0.15) is 0 Å². The molecule has 0 aliphatic rings. The van der Waals surface area contributed by atoms with Crippen molar-refractivity contribution in [1.29, 1.82) is 0 Å². The number of hydrogen-bond donors (Lipinski definition) is 0. The van der Waals surface area contributed by atoms with Gasteiger partial charge in [-0.15, -0.1) is 0 Å². The fourth-order valence-electron chi connectivity index (χ4n) is 2.21. The molecule has 3 heteroatoms. The van der Waals surface area contributed by atoms with Gasteiger partial charge >= 0.3 is 0 Å². The number of carbonyl (C=O) groups is 2. The Morgan fingerprint density at radius 1 is 1.05 bits per heavy atom. The second-order valence-corrected chi connectivity index (χ2v) is 5.37. The van der Waals surface area contributed by atoms with Gasteiger partial charge < -0.3 is 4.90 Å². The van der Waals surface area contributed by atoms with Crippen LogP contribution >= 0.6 is 0 Å². The molecular weight excluding hydrogens is 238 g/mol. The Kier molecular flexibility index (Phi) is 4.87. The Hall–Kier alpha value is -1.64. The fraction of sp³-hybridized carbons (Fsp3) is 0.500. The predicted octanol–water partition coefficient (Wildman–Crippen LogP) is 2.86. The molecule has 0 fully saturated rings. The first-order chi connectivity index (χ1) is 8.73. The van der Waals surface area contributed by atoms with Crippen molar-refractivity contribution in [1.82, 2.24) is 4.90 Å². The molecule has 0 aliphatic heterocycles. The quantitative estimate of drug-likeness (QED) is 0.782. The summed E-state index contributed by atoms with van der Waals surface area (Å²) >= 11 is 0. The Balaban J connectivity index is 3.00. The van der Waals surface area contributed by atoms with E-state index in [0.717, 1.165) is 0 Å². The van der Waals surface area contributed by atoms with Crippen molar-refractivity contribution in [3.8, 4) is 0 Å². The molecule has 0 saturated carbocycles. The first kappa shape index (κ1) is 15.4. The van der Waals surface area contributed by atoms with E-state index in [0.29, 0.717) is 6.54 Å². The van der Waals surface area contributed by atoms with Crippen molar-refractivity contribution in [2.24, 2.45) is 0 Å². The Bertz CT molecular complexity index is 492. The molecule has 0 saturated heterocycles. The van der Waals surface area contributed by atoms with Gasteiger partial charge in [0.05, 0.1) is 6.42 Å². The van der Waals surface area contributed by atoms with Crippen LogP contribution in [0.5, 0.6) is 0 Å². The highest BCUT2D eigenvalue weighted by Crippen LogP contribution is 2.22. The van der Waals surface area contributed by atoms with E-state index in [1.165, 1.54) is 34.7 Å². The molecule has 0 spiro atoms. The zero-order valence-electron chi connectivity index (χ0n) is 12.8. The van der Waals surface area contributed by atoms with Crippen molar-refractivity contribution in [3.63, 3.8) is 0 Å². The Labute approximate surface area is 115 Å². The number of carbonyl (C=O) groups excluding carboxylic acids is 2. The number of nitrogens with zero attached hydrogens (tertiary/aromatic N) is 1. The zero-order valence-corrected chi connectivity index (χ0v) is 12.8. The molecule has 1 amide bonds. The minimum absolute atomic E-state index is 0.0145. The summed E-state index contributed by atoms with van der Waals surface area (Å²) in [4.78, 5) is 24.5. The van der Waals surface area contributed by atoms with Crippen LogP contribution in [0.2, 0.25) is 0 Å². The summed E-state index contributed by atoms with van der Waals surface area (Å²) in [7, 11) is 1.75. The average molecular weight is 261 g/mol. The van der Waals surface area contributed by atoms with E-state index in [1.54, 1.807) is 11.9 Å². The Morgan fingerprint density at radius 3 is 1.95 bits per heavy atom. The average Bonchev–Trinajstić information content (AvgIpc) is 2.31. The molecule has 104 valence electrons. The van der Waals surface area contributed by atoms with Crippen molar-refractivity contribution in [2.45, 2.75) is 47.6 Å². The molecule has 3 nitrogen and oxygen atoms in total. The minimum Gasteiger partial charge on any atom is -0.341 e. The highest BCUT2D eigenvalue weighted by molar-refractivity contribution is 5.96. The minimum atomic E-state index is -0.120. The molecule has 0 N–H and O–H groups in total. The first-order valence-corrected chi connectivity index (χ1v) is 6.53. The van der Waals surface area contributed by atoms with Crippen LogP contribution in [0.25, 0.3) is 0 Å². The molecule has 1 rings (SSSR count). The third-order valence-electron chi connectivity index (χ3n) is 3.74. The van der Waals surface area contributed by atoms with Crippen LogP contribution in [0.3, 0.4) is 0 Å². The topological polar surface area (TPSA) is 37.4 Å². The summed E-state index contributed by atoms with van der Waals surface area (Å²) < 4.78 is 0. The summed E-state index contributed by atoms with van der Waals surface area (Å²) in [6, 6.07) is 2.17. The van der Waals surface area contributed by atoms with Gasteiger partial charge in [0.1, 0.15) is 5.78 Å². The van der Waals surface area contributed by atoms with Crippen LogP contribution in [0, 0.1) is 27.7 Å². The summed E-state index contributed by atoms with van der Waals surface area (Å²) in [5.41, 5.74) is 6.13. The van der Waals surface area contributed by atoms with Crippen LogP contribution in [-0.2, 0) is 16.1 Å². The van der Waals surface area contributed by atoms with Gasteiger partial charge in [0.15, 0.2) is 0 Å². The van der Waals surface area contributed by atoms with Crippen LogP contribution in [0.4, 0.5) is 0 Å².